The van der Waals surface area contributed by atoms with E-state index >= 15 is 0 Å². The molecule has 0 spiro atoms. The molecule has 0 radical (unpaired) electrons. The van der Waals surface area contributed by atoms with E-state index in [1.54, 1.807) is 18.2 Å². The molecule has 96 valence electrons. The highest BCUT2D eigenvalue weighted by atomic mass is 35.5. The molecule has 18 heavy (non-hydrogen) atoms. The van der Waals surface area contributed by atoms with Gasteiger partial charge in [-0.3, -0.25) is 0 Å². The minimum atomic E-state index is 0.332. The van der Waals surface area contributed by atoms with Gasteiger partial charge in [-0.05, 0) is 25.1 Å². The minimum absolute atomic E-state index is 0.332. The van der Waals surface area contributed by atoms with Crippen LogP contribution in [0.15, 0.2) is 28.7 Å². The molecule has 0 aliphatic carbocycles. The molecule has 3 nitrogen and oxygen atoms in total. The van der Waals surface area contributed by atoms with Crippen LogP contribution in [0.4, 0.5) is 0 Å². The molecule has 0 saturated heterocycles. The number of halogens is 2. The van der Waals surface area contributed by atoms with Gasteiger partial charge in [-0.15, -0.1) is 0 Å². The van der Waals surface area contributed by atoms with Crippen molar-refractivity contribution in [2.75, 3.05) is 0 Å². The van der Waals surface area contributed by atoms with Crippen LogP contribution < -0.4 is 10.5 Å². The summed E-state index contributed by atoms with van der Waals surface area (Å²) in [5, 5.41) is 0.968. The van der Waals surface area contributed by atoms with E-state index in [1.807, 2.05) is 13.0 Å². The van der Waals surface area contributed by atoms with Crippen LogP contribution in [0.1, 0.15) is 17.1 Å². The van der Waals surface area contributed by atoms with Crippen LogP contribution in [-0.4, -0.2) is 0 Å². The third kappa shape index (κ3) is 2.99. The zero-order valence-electron chi connectivity index (χ0n) is 9.87. The van der Waals surface area contributed by atoms with E-state index in [-0.39, 0.29) is 0 Å². The number of rotatable bonds is 4. The van der Waals surface area contributed by atoms with Gasteiger partial charge >= 0.3 is 0 Å². The lowest BCUT2D eigenvalue weighted by molar-refractivity contribution is 0.267. The Morgan fingerprint density at radius 3 is 2.61 bits per heavy atom. The van der Waals surface area contributed by atoms with E-state index in [2.05, 4.69) is 0 Å². The first-order chi connectivity index (χ1) is 8.60. The smallest absolute Gasteiger partial charge is 0.146 e. The number of hydrogen-bond donors (Lipinski definition) is 1. The van der Waals surface area contributed by atoms with Crippen molar-refractivity contribution >= 4 is 23.2 Å². The molecule has 2 aromatic rings. The van der Waals surface area contributed by atoms with E-state index < -0.39 is 0 Å². The topological polar surface area (TPSA) is 48.4 Å². The van der Waals surface area contributed by atoms with Crippen LogP contribution in [0.25, 0.3) is 0 Å². The monoisotopic (exact) mass is 285 g/mol. The lowest BCUT2D eigenvalue weighted by Crippen LogP contribution is -1.96. The molecule has 0 aliphatic rings. The van der Waals surface area contributed by atoms with Crippen LogP contribution in [0.5, 0.6) is 5.75 Å². The Morgan fingerprint density at radius 2 is 2.00 bits per heavy atom. The standard InChI is InChI=1S/C13H13Cl2NO2/c1-8-9(6-16)4-11(18-8)7-17-10-2-3-12(14)13(15)5-10/h2-5H,6-7,16H2,1H3. The third-order valence-electron chi connectivity index (χ3n) is 2.56. The average molecular weight is 286 g/mol. The number of nitrogens with two attached hydrogens (primary N) is 1. The predicted octanol–water partition coefficient (Wildman–Crippen LogP) is 3.93. The lowest BCUT2D eigenvalue weighted by atomic mass is 10.2. The number of hydrogen-bond acceptors (Lipinski definition) is 3. The number of benzene rings is 1. The molecule has 1 aromatic heterocycles. The highest BCUT2D eigenvalue weighted by molar-refractivity contribution is 6.42. The van der Waals surface area contributed by atoms with Crippen molar-refractivity contribution in [3.63, 3.8) is 0 Å². The van der Waals surface area contributed by atoms with Gasteiger partial charge in [-0.1, -0.05) is 23.2 Å². The second-order valence-electron chi connectivity index (χ2n) is 3.86. The minimum Gasteiger partial charge on any atom is -0.486 e. The van der Waals surface area contributed by atoms with Gasteiger partial charge in [0.05, 0.1) is 10.0 Å². The Labute approximate surface area is 115 Å². The molecular weight excluding hydrogens is 273 g/mol. The fourth-order valence-corrected chi connectivity index (χ4v) is 1.87. The molecule has 5 heteroatoms. The van der Waals surface area contributed by atoms with Crippen LogP contribution in [0.3, 0.4) is 0 Å². The molecule has 0 bridgehead atoms. The summed E-state index contributed by atoms with van der Waals surface area (Å²) in [6.07, 6.45) is 0. The average Bonchev–Trinajstić information content (AvgIpc) is 2.71. The van der Waals surface area contributed by atoms with Crippen molar-refractivity contribution in [3.8, 4) is 5.75 Å². The SMILES string of the molecule is Cc1oc(COc2ccc(Cl)c(Cl)c2)cc1CN. The van der Waals surface area contributed by atoms with Gasteiger partial charge in [0.15, 0.2) is 0 Å². The molecule has 2 rings (SSSR count). The van der Waals surface area contributed by atoms with Gasteiger partial charge in [0.25, 0.3) is 0 Å². The summed E-state index contributed by atoms with van der Waals surface area (Å²) in [5.74, 6) is 2.21. The lowest BCUT2D eigenvalue weighted by Gasteiger charge is -2.05. The number of ether oxygens (including phenoxy) is 1. The van der Waals surface area contributed by atoms with Crippen molar-refractivity contribution in [3.05, 3.63) is 51.4 Å². The summed E-state index contributed by atoms with van der Waals surface area (Å²) >= 11 is 11.7. The Bertz CT molecular complexity index is 552. The molecule has 1 heterocycles. The number of aryl methyl sites for hydroxylation is 1. The first-order valence-corrected chi connectivity index (χ1v) is 6.22. The maximum absolute atomic E-state index is 5.90. The fraction of sp³-hybridized carbons (Fsp3) is 0.231. The first kappa shape index (κ1) is 13.3. The van der Waals surface area contributed by atoms with Crippen LogP contribution in [0, 0.1) is 6.92 Å². The van der Waals surface area contributed by atoms with E-state index in [1.165, 1.54) is 0 Å². The number of furan rings is 1. The summed E-state index contributed by atoms with van der Waals surface area (Å²) in [6.45, 7) is 2.67. The van der Waals surface area contributed by atoms with E-state index in [9.17, 15) is 0 Å². The Morgan fingerprint density at radius 1 is 1.22 bits per heavy atom. The molecule has 1 aromatic carbocycles. The highest BCUT2D eigenvalue weighted by Crippen LogP contribution is 2.27. The van der Waals surface area contributed by atoms with Crippen molar-refractivity contribution in [1.29, 1.82) is 0 Å². The predicted molar refractivity (Wildman–Crippen MR) is 72.1 cm³/mol. The van der Waals surface area contributed by atoms with E-state index in [0.717, 1.165) is 17.1 Å². The second kappa shape index (κ2) is 5.65. The maximum atomic E-state index is 5.90. The van der Waals surface area contributed by atoms with Gasteiger partial charge in [0, 0.05) is 18.2 Å². The molecule has 2 N–H and O–H groups in total. The van der Waals surface area contributed by atoms with Crippen LogP contribution in [0.2, 0.25) is 10.0 Å². The van der Waals surface area contributed by atoms with Crippen molar-refractivity contribution in [2.24, 2.45) is 5.73 Å². The normalized spacial score (nSPS) is 10.7. The molecular formula is C13H13Cl2NO2. The van der Waals surface area contributed by atoms with Gasteiger partial charge < -0.3 is 14.9 Å². The highest BCUT2D eigenvalue weighted by Gasteiger charge is 2.07. The quantitative estimate of drug-likeness (QED) is 0.926. The van der Waals surface area contributed by atoms with Crippen molar-refractivity contribution in [2.45, 2.75) is 20.1 Å². The van der Waals surface area contributed by atoms with Gasteiger partial charge in [-0.2, -0.15) is 0 Å². The Kier molecular flexibility index (Phi) is 4.17. The van der Waals surface area contributed by atoms with Crippen LogP contribution >= 0.6 is 23.2 Å². The summed E-state index contributed by atoms with van der Waals surface area (Å²) in [4.78, 5) is 0. The van der Waals surface area contributed by atoms with Crippen LogP contribution in [-0.2, 0) is 13.2 Å². The second-order valence-corrected chi connectivity index (χ2v) is 4.68. The molecule has 0 saturated carbocycles. The first-order valence-electron chi connectivity index (χ1n) is 5.46. The molecule has 0 aliphatic heterocycles. The summed E-state index contributed by atoms with van der Waals surface area (Å²) < 4.78 is 11.1. The fourth-order valence-electron chi connectivity index (χ4n) is 1.58. The Balaban J connectivity index is 2.04. The van der Waals surface area contributed by atoms with E-state index in [0.29, 0.717) is 28.9 Å². The van der Waals surface area contributed by atoms with E-state index in [4.69, 9.17) is 38.1 Å². The maximum Gasteiger partial charge on any atom is 0.146 e. The summed E-state index contributed by atoms with van der Waals surface area (Å²) in [7, 11) is 0. The third-order valence-corrected chi connectivity index (χ3v) is 3.30. The van der Waals surface area contributed by atoms with Gasteiger partial charge in [0.2, 0.25) is 0 Å². The molecule has 0 fully saturated rings. The zero-order valence-corrected chi connectivity index (χ0v) is 11.4. The largest absolute Gasteiger partial charge is 0.486 e. The molecule has 0 amide bonds. The molecule has 0 unspecified atom stereocenters. The van der Waals surface area contributed by atoms with Crippen molar-refractivity contribution < 1.29 is 9.15 Å². The summed E-state index contributed by atoms with van der Waals surface area (Å²) in [6, 6.07) is 7.02. The van der Waals surface area contributed by atoms with Gasteiger partial charge in [-0.25, -0.2) is 0 Å². The Hall–Kier alpha value is -1.16. The van der Waals surface area contributed by atoms with Gasteiger partial charge in [0.1, 0.15) is 23.9 Å². The van der Waals surface area contributed by atoms with Crippen molar-refractivity contribution in [1.82, 2.24) is 0 Å². The summed E-state index contributed by atoms with van der Waals surface area (Å²) in [5.41, 5.74) is 6.56. The zero-order chi connectivity index (χ0) is 13.1. The molecule has 0 atom stereocenters.